The molecule has 4 rings (SSSR count). The van der Waals surface area contributed by atoms with Gasteiger partial charge in [0.1, 0.15) is 23.7 Å². The minimum atomic E-state index is -0.834. The number of carbonyl (C=O) groups is 1. The number of ether oxygens (including phenoxy) is 3. The Balaban J connectivity index is 1.82. The highest BCUT2D eigenvalue weighted by molar-refractivity contribution is 5.94. The second kappa shape index (κ2) is 9.74. The average molecular weight is 479 g/mol. The van der Waals surface area contributed by atoms with Crippen LogP contribution in [0.4, 0.5) is 0 Å². The lowest BCUT2D eigenvalue weighted by atomic mass is 9.77. The van der Waals surface area contributed by atoms with Gasteiger partial charge in [0.15, 0.2) is 0 Å². The van der Waals surface area contributed by atoms with Gasteiger partial charge in [-0.05, 0) is 50.8 Å². The summed E-state index contributed by atoms with van der Waals surface area (Å²) in [5.74, 6) is 0.413. The Morgan fingerprint density at radius 2 is 2.14 bits per heavy atom. The molecule has 1 unspecified atom stereocenters. The lowest BCUT2D eigenvalue weighted by Gasteiger charge is -2.41. The lowest BCUT2D eigenvalue weighted by molar-refractivity contribution is -0.160. The van der Waals surface area contributed by atoms with Crippen molar-refractivity contribution in [2.75, 3.05) is 13.2 Å². The number of fused-ring (bicyclic) bond motifs is 3. The molecule has 3 heterocycles. The van der Waals surface area contributed by atoms with E-state index >= 15 is 0 Å². The number of hydrogen-bond donors (Lipinski definition) is 1. The SMILES string of the molecule is CCOC(=O)C[C@]1(C(C)CC)OCCc2c1[nH]c1c(C)c(OCc3cc(C)n(C)n3)cc(C#N)c21. The molecule has 0 aliphatic carbocycles. The summed E-state index contributed by atoms with van der Waals surface area (Å²) in [6.45, 7) is 11.1. The van der Waals surface area contributed by atoms with E-state index in [2.05, 4.69) is 30.0 Å². The van der Waals surface area contributed by atoms with Crippen molar-refractivity contribution in [1.82, 2.24) is 14.8 Å². The fraction of sp³-hybridized carbons (Fsp3) is 0.519. The van der Waals surface area contributed by atoms with Crippen molar-refractivity contribution in [2.24, 2.45) is 13.0 Å². The molecule has 2 atom stereocenters. The summed E-state index contributed by atoms with van der Waals surface area (Å²) in [6.07, 6.45) is 1.62. The molecule has 8 nitrogen and oxygen atoms in total. The van der Waals surface area contributed by atoms with Gasteiger partial charge in [0.2, 0.25) is 0 Å². The van der Waals surface area contributed by atoms with E-state index in [1.165, 1.54) is 0 Å². The van der Waals surface area contributed by atoms with Gasteiger partial charge in [0.25, 0.3) is 0 Å². The molecular formula is C27H34N4O4. The molecule has 1 aliphatic heterocycles. The summed E-state index contributed by atoms with van der Waals surface area (Å²) < 4.78 is 19.7. The molecule has 3 aromatic rings. The summed E-state index contributed by atoms with van der Waals surface area (Å²) in [6, 6.07) is 6.16. The highest BCUT2D eigenvalue weighted by Gasteiger charge is 2.46. The van der Waals surface area contributed by atoms with E-state index in [0.29, 0.717) is 37.6 Å². The predicted molar refractivity (Wildman–Crippen MR) is 132 cm³/mol. The van der Waals surface area contributed by atoms with Gasteiger partial charge in [-0.2, -0.15) is 10.4 Å². The molecule has 8 heteroatoms. The number of esters is 1. The number of carbonyl (C=O) groups excluding carboxylic acids is 1. The van der Waals surface area contributed by atoms with E-state index in [1.54, 1.807) is 6.92 Å². The van der Waals surface area contributed by atoms with Crippen LogP contribution in [0, 0.1) is 31.1 Å². The maximum absolute atomic E-state index is 12.7. The van der Waals surface area contributed by atoms with Gasteiger partial charge in [-0.25, -0.2) is 0 Å². The van der Waals surface area contributed by atoms with Gasteiger partial charge in [-0.1, -0.05) is 20.3 Å². The lowest BCUT2D eigenvalue weighted by Crippen LogP contribution is -2.43. The summed E-state index contributed by atoms with van der Waals surface area (Å²) in [4.78, 5) is 16.2. The molecule has 1 aliphatic rings. The zero-order valence-corrected chi connectivity index (χ0v) is 21.4. The fourth-order valence-electron chi connectivity index (χ4n) is 5.12. The molecule has 0 fully saturated rings. The maximum atomic E-state index is 12.7. The first-order valence-electron chi connectivity index (χ1n) is 12.3. The van der Waals surface area contributed by atoms with E-state index in [1.807, 2.05) is 37.7 Å². The first-order valence-corrected chi connectivity index (χ1v) is 12.3. The van der Waals surface area contributed by atoms with Gasteiger partial charge in [-0.3, -0.25) is 9.48 Å². The summed E-state index contributed by atoms with van der Waals surface area (Å²) >= 11 is 0. The first-order chi connectivity index (χ1) is 16.7. The van der Waals surface area contributed by atoms with Crippen molar-refractivity contribution >= 4 is 16.9 Å². The summed E-state index contributed by atoms with van der Waals surface area (Å²) in [7, 11) is 1.90. The minimum Gasteiger partial charge on any atom is -0.487 e. The highest BCUT2D eigenvalue weighted by atomic mass is 16.5. The van der Waals surface area contributed by atoms with Crippen LogP contribution in [0.2, 0.25) is 0 Å². The third-order valence-corrected chi connectivity index (χ3v) is 7.31. The molecule has 1 aromatic carbocycles. The third kappa shape index (κ3) is 4.30. The Morgan fingerprint density at radius 3 is 2.77 bits per heavy atom. The molecule has 0 bridgehead atoms. The number of hydrogen-bond acceptors (Lipinski definition) is 6. The molecule has 0 spiro atoms. The van der Waals surface area contributed by atoms with E-state index < -0.39 is 5.60 Å². The molecule has 35 heavy (non-hydrogen) atoms. The van der Waals surface area contributed by atoms with Gasteiger partial charge in [-0.15, -0.1) is 0 Å². The smallest absolute Gasteiger partial charge is 0.309 e. The minimum absolute atomic E-state index is 0.0629. The quantitative estimate of drug-likeness (QED) is 0.469. The van der Waals surface area contributed by atoms with Gasteiger partial charge in [0.05, 0.1) is 42.5 Å². The molecule has 2 aromatic heterocycles. The molecule has 0 saturated heterocycles. The fourth-order valence-corrected chi connectivity index (χ4v) is 5.12. The van der Waals surface area contributed by atoms with Crippen LogP contribution in [-0.4, -0.2) is 33.9 Å². The number of H-pyrrole nitrogens is 1. The molecular weight excluding hydrogens is 444 g/mol. The van der Waals surface area contributed by atoms with Crippen LogP contribution in [-0.2, 0) is 39.9 Å². The van der Waals surface area contributed by atoms with Crippen LogP contribution >= 0.6 is 0 Å². The number of rotatable bonds is 8. The van der Waals surface area contributed by atoms with Crippen molar-refractivity contribution in [1.29, 1.82) is 5.26 Å². The monoisotopic (exact) mass is 478 g/mol. The van der Waals surface area contributed by atoms with Gasteiger partial charge < -0.3 is 19.2 Å². The Hall–Kier alpha value is -3.31. The number of nitrogens with zero attached hydrogens (tertiary/aromatic N) is 3. The van der Waals surface area contributed by atoms with Crippen LogP contribution < -0.4 is 4.74 Å². The predicted octanol–water partition coefficient (Wildman–Crippen LogP) is 4.74. The van der Waals surface area contributed by atoms with E-state index in [4.69, 9.17) is 14.2 Å². The third-order valence-electron chi connectivity index (χ3n) is 7.31. The topological polar surface area (TPSA) is 102 Å². The highest BCUT2D eigenvalue weighted by Crippen LogP contribution is 2.47. The second-order valence-corrected chi connectivity index (χ2v) is 9.36. The number of nitrogens with one attached hydrogen (secondary N) is 1. The maximum Gasteiger partial charge on any atom is 0.309 e. The summed E-state index contributed by atoms with van der Waals surface area (Å²) in [5.41, 5.74) is 5.27. The Labute approximate surface area is 206 Å². The number of benzene rings is 1. The standard InChI is InChI=1S/C27H34N4O4/c1-7-16(3)27(13-23(32)33-8-2)26-21(9-10-35-27)24-19(14-28)12-22(18(5)25(24)29-26)34-15-20-11-17(4)31(6)30-20/h11-12,16,29H,7-10,13,15H2,1-6H3/t16?,27-/m1/s1. The van der Waals surface area contributed by atoms with E-state index in [-0.39, 0.29) is 18.3 Å². The van der Waals surface area contributed by atoms with Crippen LogP contribution in [0.25, 0.3) is 10.9 Å². The zero-order chi connectivity index (χ0) is 25.3. The normalized spacial score (nSPS) is 18.2. The van der Waals surface area contributed by atoms with Crippen molar-refractivity contribution in [2.45, 2.75) is 66.1 Å². The Bertz CT molecular complexity index is 1280. The van der Waals surface area contributed by atoms with Crippen molar-refractivity contribution in [3.8, 4) is 11.8 Å². The van der Waals surface area contributed by atoms with Crippen LogP contribution in [0.1, 0.15) is 67.4 Å². The Kier molecular flexibility index (Phi) is 6.91. The van der Waals surface area contributed by atoms with Crippen LogP contribution in [0.5, 0.6) is 5.75 Å². The van der Waals surface area contributed by atoms with E-state index in [9.17, 15) is 10.1 Å². The Morgan fingerprint density at radius 1 is 1.37 bits per heavy atom. The number of aromatic nitrogens is 3. The number of aryl methyl sites for hydroxylation is 3. The molecule has 186 valence electrons. The largest absolute Gasteiger partial charge is 0.487 e. The number of aromatic amines is 1. The van der Waals surface area contributed by atoms with Gasteiger partial charge >= 0.3 is 5.97 Å². The average Bonchev–Trinajstić information content (AvgIpc) is 3.39. The van der Waals surface area contributed by atoms with Crippen molar-refractivity contribution in [3.63, 3.8) is 0 Å². The van der Waals surface area contributed by atoms with Crippen molar-refractivity contribution < 1.29 is 19.0 Å². The van der Waals surface area contributed by atoms with Crippen LogP contribution in [0.3, 0.4) is 0 Å². The second-order valence-electron chi connectivity index (χ2n) is 9.36. The molecule has 0 saturated carbocycles. The van der Waals surface area contributed by atoms with Crippen LogP contribution in [0.15, 0.2) is 12.1 Å². The van der Waals surface area contributed by atoms with E-state index in [0.717, 1.165) is 45.5 Å². The molecule has 0 radical (unpaired) electrons. The molecule has 0 amide bonds. The number of nitriles is 1. The van der Waals surface area contributed by atoms with Gasteiger partial charge in [0, 0.05) is 23.7 Å². The van der Waals surface area contributed by atoms with Crippen molar-refractivity contribution in [3.05, 3.63) is 45.9 Å². The molecule has 1 N–H and O–H groups in total. The summed E-state index contributed by atoms with van der Waals surface area (Å²) in [5, 5.41) is 15.4. The zero-order valence-electron chi connectivity index (χ0n) is 21.4. The first kappa shape index (κ1) is 24.8.